The van der Waals surface area contributed by atoms with Crippen molar-refractivity contribution in [3.8, 4) is 0 Å². The van der Waals surface area contributed by atoms with Crippen LogP contribution in [-0.4, -0.2) is 33.9 Å². The van der Waals surface area contributed by atoms with Gasteiger partial charge in [-0.3, -0.25) is 4.79 Å². The third-order valence-electron chi connectivity index (χ3n) is 4.42. The van der Waals surface area contributed by atoms with Gasteiger partial charge in [0.1, 0.15) is 17.8 Å². The average molecular weight is 345 g/mol. The highest BCUT2D eigenvalue weighted by atomic mass is 35.5. The molecule has 1 amide bonds. The summed E-state index contributed by atoms with van der Waals surface area (Å²) in [5.41, 5.74) is 2.34. The number of carbonyl (C=O) groups is 1. The highest BCUT2D eigenvalue weighted by Gasteiger charge is 2.22. The van der Waals surface area contributed by atoms with Gasteiger partial charge in [-0.2, -0.15) is 0 Å². The lowest BCUT2D eigenvalue weighted by molar-refractivity contribution is 0.0691. The number of aromatic nitrogens is 2. The van der Waals surface area contributed by atoms with Crippen molar-refractivity contribution >= 4 is 29.0 Å². The van der Waals surface area contributed by atoms with Crippen molar-refractivity contribution in [2.24, 2.45) is 5.92 Å². The SMILES string of the molecule is Cc1ccc(Cl)cc1Nc1cc(C(=O)N2CCC(C)CC2)ncn1. The minimum Gasteiger partial charge on any atom is -0.340 e. The van der Waals surface area contributed by atoms with Crippen LogP contribution in [0.2, 0.25) is 5.02 Å². The number of anilines is 2. The van der Waals surface area contributed by atoms with Crippen molar-refractivity contribution in [2.45, 2.75) is 26.7 Å². The van der Waals surface area contributed by atoms with Gasteiger partial charge in [0.2, 0.25) is 0 Å². The van der Waals surface area contributed by atoms with Crippen LogP contribution in [0.1, 0.15) is 35.8 Å². The molecule has 1 aromatic carbocycles. The van der Waals surface area contributed by atoms with E-state index in [-0.39, 0.29) is 5.91 Å². The van der Waals surface area contributed by atoms with E-state index in [2.05, 4.69) is 22.2 Å². The lowest BCUT2D eigenvalue weighted by Crippen LogP contribution is -2.38. The molecule has 0 bridgehead atoms. The predicted molar refractivity (Wildman–Crippen MR) is 95.8 cm³/mol. The van der Waals surface area contributed by atoms with E-state index >= 15 is 0 Å². The summed E-state index contributed by atoms with van der Waals surface area (Å²) in [5.74, 6) is 1.24. The summed E-state index contributed by atoms with van der Waals surface area (Å²) in [6.07, 6.45) is 3.51. The maximum absolute atomic E-state index is 12.6. The fraction of sp³-hybridized carbons (Fsp3) is 0.389. The lowest BCUT2D eigenvalue weighted by Gasteiger charge is -2.30. The van der Waals surface area contributed by atoms with Crippen molar-refractivity contribution in [3.05, 3.63) is 46.9 Å². The first kappa shape index (κ1) is 16.7. The molecular weight excluding hydrogens is 324 g/mol. The van der Waals surface area contributed by atoms with Gasteiger partial charge in [0, 0.05) is 29.9 Å². The van der Waals surface area contributed by atoms with Crippen molar-refractivity contribution in [1.29, 1.82) is 0 Å². The number of aryl methyl sites for hydroxylation is 1. The number of carbonyl (C=O) groups excluding carboxylic acids is 1. The number of hydrogen-bond donors (Lipinski definition) is 1. The summed E-state index contributed by atoms with van der Waals surface area (Å²) in [5, 5.41) is 3.86. The number of halogens is 1. The molecule has 1 saturated heterocycles. The number of nitrogens with one attached hydrogen (secondary N) is 1. The molecule has 2 aromatic rings. The molecule has 6 heteroatoms. The molecule has 1 aliphatic rings. The first-order valence-electron chi connectivity index (χ1n) is 8.17. The first-order valence-corrected chi connectivity index (χ1v) is 8.55. The summed E-state index contributed by atoms with van der Waals surface area (Å²) in [6.45, 7) is 5.79. The zero-order chi connectivity index (χ0) is 17.1. The van der Waals surface area contributed by atoms with E-state index in [1.165, 1.54) is 6.33 Å². The van der Waals surface area contributed by atoms with Crippen LogP contribution in [0.5, 0.6) is 0 Å². The smallest absolute Gasteiger partial charge is 0.272 e. The highest BCUT2D eigenvalue weighted by Crippen LogP contribution is 2.24. The van der Waals surface area contributed by atoms with Crippen LogP contribution in [0.4, 0.5) is 11.5 Å². The molecule has 0 unspecified atom stereocenters. The normalized spacial score (nSPS) is 15.4. The number of nitrogens with zero attached hydrogens (tertiary/aromatic N) is 3. The lowest BCUT2D eigenvalue weighted by atomic mass is 9.99. The predicted octanol–water partition coefficient (Wildman–Crippen LogP) is 4.05. The van der Waals surface area contributed by atoms with Crippen molar-refractivity contribution < 1.29 is 4.79 Å². The molecule has 1 N–H and O–H groups in total. The van der Waals surface area contributed by atoms with Crippen molar-refractivity contribution in [2.75, 3.05) is 18.4 Å². The topological polar surface area (TPSA) is 58.1 Å². The standard InChI is InChI=1S/C18H21ClN4O/c1-12-5-7-23(8-6-12)18(24)16-10-17(21-11-20-16)22-15-9-14(19)4-3-13(15)2/h3-4,9-12H,5-8H2,1-2H3,(H,20,21,22). The quantitative estimate of drug-likeness (QED) is 0.912. The third-order valence-corrected chi connectivity index (χ3v) is 4.65. The fourth-order valence-corrected chi connectivity index (χ4v) is 2.96. The molecule has 1 fully saturated rings. The Morgan fingerprint density at radius 3 is 2.75 bits per heavy atom. The van der Waals surface area contributed by atoms with Gasteiger partial charge in [-0.05, 0) is 43.4 Å². The Labute approximate surface area is 147 Å². The molecule has 5 nitrogen and oxygen atoms in total. The molecule has 0 aliphatic carbocycles. The molecular formula is C18H21ClN4O. The molecule has 1 aliphatic heterocycles. The Balaban J connectivity index is 1.76. The Bertz CT molecular complexity index is 742. The molecule has 0 spiro atoms. The second kappa shape index (κ2) is 7.18. The maximum Gasteiger partial charge on any atom is 0.272 e. The van der Waals surface area contributed by atoms with Crippen LogP contribution in [0.15, 0.2) is 30.6 Å². The van der Waals surface area contributed by atoms with Gasteiger partial charge in [-0.15, -0.1) is 0 Å². The van der Waals surface area contributed by atoms with Crippen LogP contribution >= 0.6 is 11.6 Å². The molecule has 1 aromatic heterocycles. The van der Waals surface area contributed by atoms with Gasteiger partial charge in [-0.25, -0.2) is 9.97 Å². The minimum atomic E-state index is -0.0323. The van der Waals surface area contributed by atoms with Gasteiger partial charge in [0.25, 0.3) is 5.91 Å². The molecule has 0 saturated carbocycles. The summed E-state index contributed by atoms with van der Waals surface area (Å²) < 4.78 is 0. The Morgan fingerprint density at radius 1 is 1.25 bits per heavy atom. The van der Waals surface area contributed by atoms with E-state index < -0.39 is 0 Å². The number of likely N-dealkylation sites (tertiary alicyclic amines) is 1. The minimum absolute atomic E-state index is 0.0323. The molecule has 24 heavy (non-hydrogen) atoms. The van der Waals surface area contributed by atoms with Crippen LogP contribution in [0.25, 0.3) is 0 Å². The largest absolute Gasteiger partial charge is 0.340 e. The summed E-state index contributed by atoms with van der Waals surface area (Å²) in [6, 6.07) is 7.31. The van der Waals surface area contributed by atoms with Crippen molar-refractivity contribution in [3.63, 3.8) is 0 Å². The van der Waals surface area contributed by atoms with Gasteiger partial charge in [-0.1, -0.05) is 24.6 Å². The van der Waals surface area contributed by atoms with Crippen LogP contribution in [0.3, 0.4) is 0 Å². The molecule has 0 radical (unpaired) electrons. The summed E-state index contributed by atoms with van der Waals surface area (Å²) in [4.78, 5) is 22.8. The Morgan fingerprint density at radius 2 is 2.00 bits per heavy atom. The van der Waals surface area contributed by atoms with Gasteiger partial charge < -0.3 is 10.2 Å². The molecule has 0 atom stereocenters. The Hall–Kier alpha value is -2.14. The van der Waals surface area contributed by atoms with Crippen LogP contribution in [0, 0.1) is 12.8 Å². The van der Waals surface area contributed by atoms with Crippen molar-refractivity contribution in [1.82, 2.24) is 14.9 Å². The van der Waals surface area contributed by atoms with Gasteiger partial charge in [0.05, 0.1) is 0 Å². The first-order chi connectivity index (χ1) is 11.5. The zero-order valence-electron chi connectivity index (χ0n) is 13.9. The molecule has 2 heterocycles. The zero-order valence-corrected chi connectivity index (χ0v) is 14.7. The van der Waals surface area contributed by atoms with Gasteiger partial charge >= 0.3 is 0 Å². The van der Waals surface area contributed by atoms with E-state index in [4.69, 9.17) is 11.6 Å². The monoisotopic (exact) mass is 344 g/mol. The van der Waals surface area contributed by atoms with E-state index in [1.807, 2.05) is 30.0 Å². The third kappa shape index (κ3) is 3.85. The molecule has 3 rings (SSSR count). The second-order valence-electron chi connectivity index (χ2n) is 6.35. The van der Waals surface area contributed by atoms with E-state index in [1.54, 1.807) is 6.07 Å². The van der Waals surface area contributed by atoms with E-state index in [9.17, 15) is 4.79 Å². The number of amides is 1. The fourth-order valence-electron chi connectivity index (χ4n) is 2.78. The highest BCUT2D eigenvalue weighted by molar-refractivity contribution is 6.30. The summed E-state index contributed by atoms with van der Waals surface area (Å²) in [7, 11) is 0. The van der Waals surface area contributed by atoms with Gasteiger partial charge in [0.15, 0.2) is 0 Å². The molecule has 126 valence electrons. The number of benzene rings is 1. The Kier molecular flexibility index (Phi) is 5.00. The maximum atomic E-state index is 12.6. The van der Waals surface area contributed by atoms with Crippen LogP contribution in [-0.2, 0) is 0 Å². The van der Waals surface area contributed by atoms with E-state index in [0.717, 1.165) is 37.2 Å². The number of rotatable bonds is 3. The summed E-state index contributed by atoms with van der Waals surface area (Å²) >= 11 is 6.04. The average Bonchev–Trinajstić information content (AvgIpc) is 2.58. The van der Waals surface area contributed by atoms with Crippen LogP contribution < -0.4 is 5.32 Å². The van der Waals surface area contributed by atoms with E-state index in [0.29, 0.717) is 22.5 Å². The second-order valence-corrected chi connectivity index (χ2v) is 6.78. The number of piperidine rings is 1. The number of hydrogen-bond acceptors (Lipinski definition) is 4.